The lowest BCUT2D eigenvalue weighted by atomic mass is 9.84. The standard InChI is InChI=1S/C21H27N3O/c1-2-4-19(5-3-1)25-20-8-6-18(7-9-20)16-24-15-14-23-17-21(24)10-12-22-13-11-21/h1-9,22-23H,10-17H2. The molecule has 2 aromatic rings. The van der Waals surface area contributed by atoms with Crippen molar-refractivity contribution in [2.75, 3.05) is 32.7 Å². The summed E-state index contributed by atoms with van der Waals surface area (Å²) in [5.41, 5.74) is 1.68. The van der Waals surface area contributed by atoms with Gasteiger partial charge in [0, 0.05) is 31.7 Å². The minimum absolute atomic E-state index is 0.322. The number of nitrogens with zero attached hydrogens (tertiary/aromatic N) is 1. The zero-order valence-electron chi connectivity index (χ0n) is 14.7. The molecule has 25 heavy (non-hydrogen) atoms. The Balaban J connectivity index is 1.43. The lowest BCUT2D eigenvalue weighted by molar-refractivity contribution is 0.0263. The molecule has 0 atom stereocenters. The Bertz CT molecular complexity index is 657. The van der Waals surface area contributed by atoms with Gasteiger partial charge < -0.3 is 15.4 Å². The average Bonchev–Trinajstić information content (AvgIpc) is 2.67. The van der Waals surface area contributed by atoms with Crippen LogP contribution in [0.5, 0.6) is 11.5 Å². The van der Waals surface area contributed by atoms with Gasteiger partial charge in [-0.3, -0.25) is 4.90 Å². The van der Waals surface area contributed by atoms with E-state index in [0.717, 1.165) is 50.8 Å². The van der Waals surface area contributed by atoms with E-state index < -0.39 is 0 Å². The minimum atomic E-state index is 0.322. The second-order valence-electron chi connectivity index (χ2n) is 7.13. The molecule has 0 amide bonds. The third-order valence-corrected chi connectivity index (χ3v) is 5.49. The number of ether oxygens (including phenoxy) is 1. The third kappa shape index (κ3) is 3.87. The van der Waals surface area contributed by atoms with Crippen LogP contribution in [0.15, 0.2) is 54.6 Å². The Labute approximate surface area is 150 Å². The van der Waals surface area contributed by atoms with Crippen molar-refractivity contribution in [1.82, 2.24) is 15.5 Å². The van der Waals surface area contributed by atoms with Gasteiger partial charge in [0.05, 0.1) is 0 Å². The SMILES string of the molecule is c1ccc(Oc2ccc(CN3CCNCC34CCNCC4)cc2)cc1. The van der Waals surface area contributed by atoms with Gasteiger partial charge in [-0.05, 0) is 55.8 Å². The monoisotopic (exact) mass is 337 g/mol. The summed E-state index contributed by atoms with van der Waals surface area (Å²) in [6, 6.07) is 18.5. The normalized spacial score (nSPS) is 20.5. The zero-order valence-corrected chi connectivity index (χ0v) is 14.7. The van der Waals surface area contributed by atoms with Crippen LogP contribution in [0.4, 0.5) is 0 Å². The first-order chi connectivity index (χ1) is 12.3. The summed E-state index contributed by atoms with van der Waals surface area (Å²) in [6.07, 6.45) is 2.46. The van der Waals surface area contributed by atoms with Crippen molar-refractivity contribution < 1.29 is 4.74 Å². The number of rotatable bonds is 4. The van der Waals surface area contributed by atoms with Crippen molar-refractivity contribution in [3.8, 4) is 11.5 Å². The van der Waals surface area contributed by atoms with E-state index in [9.17, 15) is 0 Å². The highest BCUT2D eigenvalue weighted by Crippen LogP contribution is 2.30. The zero-order chi connectivity index (χ0) is 17.0. The molecule has 2 aromatic carbocycles. The van der Waals surface area contributed by atoms with Crippen LogP contribution in [-0.4, -0.2) is 43.2 Å². The first-order valence-corrected chi connectivity index (χ1v) is 9.32. The van der Waals surface area contributed by atoms with Crippen LogP contribution >= 0.6 is 0 Å². The average molecular weight is 337 g/mol. The van der Waals surface area contributed by atoms with Gasteiger partial charge in [-0.2, -0.15) is 0 Å². The first kappa shape index (κ1) is 16.6. The van der Waals surface area contributed by atoms with Gasteiger partial charge in [-0.15, -0.1) is 0 Å². The molecule has 132 valence electrons. The van der Waals surface area contributed by atoms with Crippen molar-refractivity contribution in [2.45, 2.75) is 24.9 Å². The molecule has 0 unspecified atom stereocenters. The van der Waals surface area contributed by atoms with E-state index in [1.807, 2.05) is 30.3 Å². The molecule has 4 rings (SSSR count). The maximum atomic E-state index is 5.90. The fourth-order valence-electron chi connectivity index (χ4n) is 4.02. The molecular weight excluding hydrogens is 310 g/mol. The number of piperazine rings is 1. The van der Waals surface area contributed by atoms with E-state index >= 15 is 0 Å². The predicted molar refractivity (Wildman–Crippen MR) is 101 cm³/mol. The molecule has 2 heterocycles. The van der Waals surface area contributed by atoms with Gasteiger partial charge in [0.15, 0.2) is 0 Å². The van der Waals surface area contributed by atoms with Crippen molar-refractivity contribution in [1.29, 1.82) is 0 Å². The Kier molecular flexibility index (Phi) is 5.02. The van der Waals surface area contributed by atoms with E-state index in [0.29, 0.717) is 5.54 Å². The number of piperidine rings is 1. The van der Waals surface area contributed by atoms with Crippen LogP contribution < -0.4 is 15.4 Å². The van der Waals surface area contributed by atoms with E-state index in [2.05, 4.69) is 39.8 Å². The number of nitrogens with one attached hydrogen (secondary N) is 2. The molecular formula is C21H27N3O. The summed E-state index contributed by atoms with van der Waals surface area (Å²) in [4.78, 5) is 2.69. The summed E-state index contributed by atoms with van der Waals surface area (Å²) < 4.78 is 5.90. The number of hydrogen-bond donors (Lipinski definition) is 2. The quantitative estimate of drug-likeness (QED) is 0.899. The minimum Gasteiger partial charge on any atom is -0.457 e. The molecule has 4 nitrogen and oxygen atoms in total. The number of benzene rings is 2. The van der Waals surface area contributed by atoms with Gasteiger partial charge in [-0.25, -0.2) is 0 Å². The Hall–Kier alpha value is -1.88. The maximum Gasteiger partial charge on any atom is 0.127 e. The molecule has 0 saturated carbocycles. The largest absolute Gasteiger partial charge is 0.457 e. The van der Waals surface area contributed by atoms with Gasteiger partial charge >= 0.3 is 0 Å². The molecule has 2 fully saturated rings. The first-order valence-electron chi connectivity index (χ1n) is 9.32. The Morgan fingerprint density at radius 1 is 0.840 bits per heavy atom. The van der Waals surface area contributed by atoms with Crippen molar-refractivity contribution in [3.05, 3.63) is 60.2 Å². The molecule has 2 saturated heterocycles. The molecule has 2 aliphatic rings. The lowest BCUT2D eigenvalue weighted by Gasteiger charge is -2.50. The highest BCUT2D eigenvalue weighted by molar-refractivity contribution is 5.33. The van der Waals surface area contributed by atoms with Gasteiger partial charge in [0.2, 0.25) is 0 Å². The van der Waals surface area contributed by atoms with Crippen LogP contribution in [-0.2, 0) is 6.54 Å². The van der Waals surface area contributed by atoms with Crippen LogP contribution in [0.1, 0.15) is 18.4 Å². The summed E-state index contributed by atoms with van der Waals surface area (Å²) >= 11 is 0. The molecule has 0 aliphatic carbocycles. The number of para-hydroxylation sites is 1. The highest BCUT2D eigenvalue weighted by Gasteiger charge is 2.39. The van der Waals surface area contributed by atoms with Crippen LogP contribution in [0.25, 0.3) is 0 Å². The van der Waals surface area contributed by atoms with Crippen molar-refractivity contribution >= 4 is 0 Å². The molecule has 2 N–H and O–H groups in total. The Morgan fingerprint density at radius 2 is 1.56 bits per heavy atom. The Morgan fingerprint density at radius 3 is 2.32 bits per heavy atom. The van der Waals surface area contributed by atoms with Gasteiger partial charge in [-0.1, -0.05) is 30.3 Å². The molecule has 1 spiro atoms. The summed E-state index contributed by atoms with van der Waals surface area (Å²) in [7, 11) is 0. The van der Waals surface area contributed by atoms with E-state index in [-0.39, 0.29) is 0 Å². The second-order valence-corrected chi connectivity index (χ2v) is 7.13. The lowest BCUT2D eigenvalue weighted by Crippen LogP contribution is -2.64. The van der Waals surface area contributed by atoms with Crippen molar-refractivity contribution in [3.63, 3.8) is 0 Å². The predicted octanol–water partition coefficient (Wildman–Crippen LogP) is 3.01. The maximum absolute atomic E-state index is 5.90. The summed E-state index contributed by atoms with van der Waals surface area (Å²) in [5.74, 6) is 1.78. The van der Waals surface area contributed by atoms with Crippen LogP contribution in [0, 0.1) is 0 Å². The van der Waals surface area contributed by atoms with Crippen molar-refractivity contribution in [2.24, 2.45) is 0 Å². The van der Waals surface area contributed by atoms with E-state index in [1.54, 1.807) is 0 Å². The van der Waals surface area contributed by atoms with E-state index in [4.69, 9.17) is 4.74 Å². The van der Waals surface area contributed by atoms with Gasteiger partial charge in [0.1, 0.15) is 11.5 Å². The summed E-state index contributed by atoms with van der Waals surface area (Å²) in [5, 5.41) is 7.11. The highest BCUT2D eigenvalue weighted by atomic mass is 16.5. The molecule has 0 aromatic heterocycles. The number of hydrogen-bond acceptors (Lipinski definition) is 4. The smallest absolute Gasteiger partial charge is 0.127 e. The van der Waals surface area contributed by atoms with Gasteiger partial charge in [0.25, 0.3) is 0 Å². The fraction of sp³-hybridized carbons (Fsp3) is 0.429. The topological polar surface area (TPSA) is 36.5 Å². The summed E-state index contributed by atoms with van der Waals surface area (Å²) in [6.45, 7) is 6.61. The second kappa shape index (κ2) is 7.56. The third-order valence-electron chi connectivity index (χ3n) is 5.49. The molecule has 0 radical (unpaired) electrons. The van der Waals surface area contributed by atoms with E-state index in [1.165, 1.54) is 18.4 Å². The molecule has 2 aliphatic heterocycles. The molecule has 0 bridgehead atoms. The fourth-order valence-corrected chi connectivity index (χ4v) is 4.02. The molecule has 4 heteroatoms. The van der Waals surface area contributed by atoms with Crippen LogP contribution in [0.3, 0.4) is 0 Å². The van der Waals surface area contributed by atoms with Crippen LogP contribution in [0.2, 0.25) is 0 Å².